The molecule has 0 aliphatic heterocycles. The third kappa shape index (κ3) is 356. The van der Waals surface area contributed by atoms with Crippen LogP contribution in [0.4, 0.5) is 0 Å². The fourth-order valence-electron chi connectivity index (χ4n) is 0. The van der Waals surface area contributed by atoms with Gasteiger partial charge in [0.1, 0.15) is 0 Å². The van der Waals surface area contributed by atoms with Gasteiger partial charge in [0.2, 0.25) is 0 Å². The Bertz CT molecular complexity index is 265. The third-order valence-corrected chi connectivity index (χ3v) is 0. The first-order chi connectivity index (χ1) is 6.93. The zero-order valence-corrected chi connectivity index (χ0v) is 25.6. The second-order valence-electron chi connectivity index (χ2n) is 0.947. The topological polar surface area (TPSA) is 241 Å². The molecule has 0 aromatic rings. The van der Waals surface area contributed by atoms with Gasteiger partial charge in [-0.2, -0.15) is 0 Å². The van der Waals surface area contributed by atoms with Gasteiger partial charge >= 0.3 is 234 Å². The van der Waals surface area contributed by atoms with E-state index in [0.29, 0.717) is 0 Å². The molecule has 0 rings (SSSR count). The Balaban J connectivity index is -0.0000000192. The fourth-order valence-corrected chi connectivity index (χ4v) is 0. The number of hydrogen-bond acceptors (Lipinski definition) is 12. The van der Waals surface area contributed by atoms with Gasteiger partial charge in [-0.1, -0.05) is 0 Å². The molecular formula is Bi2Ca3O12Ti2. The van der Waals surface area contributed by atoms with Crippen molar-refractivity contribution in [3.05, 3.63) is 0 Å². The van der Waals surface area contributed by atoms with Crippen LogP contribution >= 0.6 is 0 Å². The van der Waals surface area contributed by atoms with Gasteiger partial charge in [0.25, 0.3) is 0 Å². The van der Waals surface area contributed by atoms with Gasteiger partial charge in [-0.15, -0.1) is 0 Å². The molecule has 19 heavy (non-hydrogen) atoms. The summed E-state index contributed by atoms with van der Waals surface area (Å²) in [5.74, 6) is 0. The molecule has 0 bridgehead atoms. The summed E-state index contributed by atoms with van der Waals surface area (Å²) >= 11 is -16.9. The molecule has 0 radical (unpaired) electrons. The van der Waals surface area contributed by atoms with Crippen molar-refractivity contribution in [3.63, 3.8) is 0 Å². The van der Waals surface area contributed by atoms with Crippen LogP contribution in [0.5, 0.6) is 0 Å². The predicted molar refractivity (Wildman–Crippen MR) is 32.9 cm³/mol. The van der Waals surface area contributed by atoms with Crippen LogP contribution in [0.1, 0.15) is 0 Å². The molecule has 0 N–H and O–H groups in total. The van der Waals surface area contributed by atoms with Gasteiger partial charge in [0.15, 0.2) is 0 Å². The molecule has 0 aromatic carbocycles. The zero-order valence-electron chi connectivity index (χ0n) is 8.91. The molecule has 0 saturated carbocycles. The van der Waals surface area contributed by atoms with Crippen molar-refractivity contribution in [3.8, 4) is 0 Å². The SMILES string of the molecule is [Ca+2].[Ca+2].[Ca+2].[O]=[Bi](=[O])[O-].[O]=[Bi](=[O])[O-].[O]=[Ti]([O-])[O-].[O]=[Ti]([O-])[O-]. The Morgan fingerprint density at radius 1 is 0.579 bits per heavy atom. The second kappa shape index (κ2) is 38.9. The number of hydrogen-bond donors (Lipinski definition) is 0. The van der Waals surface area contributed by atoms with Gasteiger partial charge in [-0.05, 0) is 0 Å². The molecule has 0 aliphatic rings. The second-order valence-corrected chi connectivity index (χ2v) is 5.99. The maximum absolute atomic E-state index is 8.62. The van der Waals surface area contributed by atoms with Crippen molar-refractivity contribution in [2.45, 2.75) is 0 Å². The Hall–Kier alpha value is 5.53. The summed E-state index contributed by atoms with van der Waals surface area (Å²) in [6, 6.07) is 0. The van der Waals surface area contributed by atoms with Crippen molar-refractivity contribution in [2.24, 2.45) is 0 Å². The molecule has 0 aromatic heterocycles. The Morgan fingerprint density at radius 2 is 0.579 bits per heavy atom. The number of rotatable bonds is 0. The van der Waals surface area contributed by atoms with Crippen molar-refractivity contribution >= 4 is 158 Å². The van der Waals surface area contributed by atoms with Crippen LogP contribution in [-0.4, -0.2) is 158 Å². The van der Waals surface area contributed by atoms with E-state index in [0.717, 1.165) is 0 Å². The summed E-state index contributed by atoms with van der Waals surface area (Å²) in [7, 11) is 0. The molecule has 0 fully saturated rings. The average Bonchev–Trinajstić information content (AvgIpc) is 1.76. The van der Waals surface area contributed by atoms with E-state index in [1.54, 1.807) is 0 Å². The molecule has 0 heterocycles. The first-order valence-electron chi connectivity index (χ1n) is 2.32. The molecule has 96 valence electrons. The van der Waals surface area contributed by atoms with Gasteiger partial charge in [0, 0.05) is 0 Å². The summed E-state index contributed by atoms with van der Waals surface area (Å²) in [4.78, 5) is 0. The molecule has 0 spiro atoms. The van der Waals surface area contributed by atoms with Gasteiger partial charge < -0.3 is 0 Å². The molecular weight excluding hydrogens is 826 g/mol. The average molecular weight is 826 g/mol. The quantitative estimate of drug-likeness (QED) is 0.207. The normalized spacial score (nSPS) is 5.37. The van der Waals surface area contributed by atoms with Crippen LogP contribution in [0.15, 0.2) is 0 Å². The van der Waals surface area contributed by atoms with Crippen LogP contribution in [-0.2, 0) is 55.1 Å². The summed E-state index contributed by atoms with van der Waals surface area (Å²) in [5, 5.41) is 0. The zero-order chi connectivity index (χ0) is 14.3. The van der Waals surface area contributed by atoms with Crippen LogP contribution in [0.2, 0.25) is 0 Å². The summed E-state index contributed by atoms with van der Waals surface area (Å²) in [6.07, 6.45) is 0. The van der Waals surface area contributed by atoms with Crippen molar-refractivity contribution in [1.82, 2.24) is 0 Å². The van der Waals surface area contributed by atoms with Crippen molar-refractivity contribution in [1.29, 1.82) is 0 Å². The van der Waals surface area contributed by atoms with Crippen molar-refractivity contribution in [2.75, 3.05) is 0 Å². The molecule has 0 amide bonds. The van der Waals surface area contributed by atoms with Gasteiger partial charge in [0.05, 0.1) is 0 Å². The minimum atomic E-state index is -4.34. The van der Waals surface area contributed by atoms with Gasteiger partial charge in [-0.3, -0.25) is 0 Å². The third-order valence-electron chi connectivity index (χ3n) is 0. The van der Waals surface area contributed by atoms with Crippen LogP contribution in [0.3, 0.4) is 0 Å². The Morgan fingerprint density at radius 3 is 0.579 bits per heavy atom. The molecule has 12 nitrogen and oxygen atoms in total. The van der Waals surface area contributed by atoms with Crippen molar-refractivity contribution < 1.29 is 76.3 Å². The summed E-state index contributed by atoms with van der Waals surface area (Å²) in [6.45, 7) is 0. The molecule has 0 atom stereocenters. The van der Waals surface area contributed by atoms with E-state index < -0.39 is 81.6 Å². The first-order valence-corrected chi connectivity index (χ1v) is 14.7. The molecule has 0 unspecified atom stereocenters. The van der Waals surface area contributed by atoms with E-state index in [-0.39, 0.29) is 113 Å². The summed E-state index contributed by atoms with van der Waals surface area (Å²) in [5.41, 5.74) is 0. The van der Waals surface area contributed by atoms with Crippen LogP contribution < -0.4 is 21.1 Å². The van der Waals surface area contributed by atoms with E-state index in [1.165, 1.54) is 0 Å². The fraction of sp³-hybridized carbons (Fsp3) is 0. The first kappa shape index (κ1) is 44.2. The van der Waals surface area contributed by atoms with E-state index in [2.05, 4.69) is 0 Å². The van der Waals surface area contributed by atoms with E-state index >= 15 is 0 Å². The minimum absolute atomic E-state index is 0. The molecule has 0 saturated heterocycles. The monoisotopic (exact) mass is 826 g/mol. The Labute approximate surface area is 227 Å². The predicted octanol–water partition coefficient (Wildman–Crippen LogP) is -9.76. The summed E-state index contributed by atoms with van der Waals surface area (Å²) < 4.78 is 103. The van der Waals surface area contributed by atoms with Crippen LogP contribution in [0, 0.1) is 0 Å². The molecule has 0 aliphatic carbocycles. The van der Waals surface area contributed by atoms with E-state index in [1.807, 2.05) is 0 Å². The van der Waals surface area contributed by atoms with Gasteiger partial charge in [-0.25, -0.2) is 0 Å². The maximum atomic E-state index is 8.62. The van der Waals surface area contributed by atoms with E-state index in [4.69, 9.17) is 39.0 Å². The molecule has 19 heteroatoms. The Kier molecular flexibility index (Phi) is 90.4. The van der Waals surface area contributed by atoms with E-state index in [9.17, 15) is 0 Å². The standard InChI is InChI=1S/2Bi.3Ca.12O.2Ti/q;;3*+2;;;;;;;6*-1;;. The van der Waals surface area contributed by atoms with Crippen LogP contribution in [0.25, 0.3) is 0 Å².